The Hall–Kier alpha value is -3.06. The van der Waals surface area contributed by atoms with Gasteiger partial charge in [0, 0.05) is 44.3 Å². The van der Waals surface area contributed by atoms with Gasteiger partial charge in [-0.15, -0.1) is 0 Å². The summed E-state index contributed by atoms with van der Waals surface area (Å²) in [4.78, 5) is 23.5. The zero-order valence-corrected chi connectivity index (χ0v) is 17.8. The van der Waals surface area contributed by atoms with Crippen LogP contribution < -0.4 is 10.1 Å². The van der Waals surface area contributed by atoms with Gasteiger partial charge in [0.2, 0.25) is 5.95 Å². The molecule has 1 amide bonds. The number of hydrogen-bond donors (Lipinski definition) is 1. The Morgan fingerprint density at radius 1 is 1.20 bits per heavy atom. The van der Waals surface area contributed by atoms with Gasteiger partial charge in [-0.3, -0.25) is 4.79 Å². The minimum absolute atomic E-state index is 0.0329. The Morgan fingerprint density at radius 3 is 2.87 bits per heavy atom. The molecule has 0 saturated heterocycles. The Labute approximate surface area is 180 Å². The molecule has 0 bridgehead atoms. The normalized spacial score (nSPS) is 13.3. The molecule has 8 heteroatoms. The van der Waals surface area contributed by atoms with Gasteiger partial charge in [-0.1, -0.05) is 23.7 Å². The van der Waals surface area contributed by atoms with Crippen LogP contribution in [0.4, 0.5) is 5.95 Å². The standard InChI is InChI=1S/C22H24ClN5O2/c1-3-30-19-11-16(12-26-20(19)23)14-27-8-6-17-5-4-15(10-18(17)21(27)29)13-28-9-7-25-22(28)24-2/h4-5,7,9-12H,3,6,8,13-14H2,1-2H3,(H,24,25). The lowest BCUT2D eigenvalue weighted by atomic mass is 9.96. The van der Waals surface area contributed by atoms with Crippen LogP contribution in [0.15, 0.2) is 42.9 Å². The van der Waals surface area contributed by atoms with E-state index in [1.165, 1.54) is 0 Å². The smallest absolute Gasteiger partial charge is 0.254 e. The van der Waals surface area contributed by atoms with E-state index in [1.807, 2.05) is 41.8 Å². The molecule has 0 unspecified atom stereocenters. The second kappa shape index (κ2) is 8.75. The molecule has 1 aromatic carbocycles. The first-order valence-electron chi connectivity index (χ1n) is 9.96. The second-order valence-corrected chi connectivity index (χ2v) is 7.52. The van der Waals surface area contributed by atoms with Crippen LogP contribution in [-0.4, -0.2) is 45.5 Å². The van der Waals surface area contributed by atoms with E-state index in [0.717, 1.165) is 34.6 Å². The molecule has 7 nitrogen and oxygen atoms in total. The molecular weight excluding hydrogens is 402 g/mol. The lowest BCUT2D eigenvalue weighted by Gasteiger charge is -2.29. The predicted octanol–water partition coefficient (Wildman–Crippen LogP) is 3.62. The van der Waals surface area contributed by atoms with Crippen LogP contribution in [0, 0.1) is 0 Å². The molecule has 0 atom stereocenters. The summed E-state index contributed by atoms with van der Waals surface area (Å²) in [5.74, 6) is 1.37. The summed E-state index contributed by atoms with van der Waals surface area (Å²) in [6, 6.07) is 8.00. The molecule has 0 aliphatic carbocycles. The minimum atomic E-state index is 0.0329. The number of imidazole rings is 1. The van der Waals surface area contributed by atoms with Crippen LogP contribution >= 0.6 is 11.6 Å². The summed E-state index contributed by atoms with van der Waals surface area (Å²) in [5, 5.41) is 3.40. The number of aromatic nitrogens is 3. The van der Waals surface area contributed by atoms with Gasteiger partial charge in [0.1, 0.15) is 0 Å². The zero-order chi connectivity index (χ0) is 21.1. The number of ether oxygens (including phenoxy) is 1. The van der Waals surface area contributed by atoms with Gasteiger partial charge in [-0.2, -0.15) is 0 Å². The molecule has 0 saturated carbocycles. The summed E-state index contributed by atoms with van der Waals surface area (Å²) >= 11 is 6.08. The van der Waals surface area contributed by atoms with Crippen LogP contribution in [-0.2, 0) is 19.5 Å². The Kier molecular flexibility index (Phi) is 5.90. The quantitative estimate of drug-likeness (QED) is 0.585. The van der Waals surface area contributed by atoms with E-state index in [9.17, 15) is 4.79 Å². The van der Waals surface area contributed by atoms with E-state index in [0.29, 0.717) is 37.1 Å². The molecule has 1 aliphatic rings. The highest BCUT2D eigenvalue weighted by Gasteiger charge is 2.25. The van der Waals surface area contributed by atoms with Crippen molar-refractivity contribution in [3.05, 3.63) is 70.3 Å². The Bertz CT molecular complexity index is 1070. The lowest BCUT2D eigenvalue weighted by Crippen LogP contribution is -2.37. The van der Waals surface area contributed by atoms with E-state index in [-0.39, 0.29) is 5.91 Å². The minimum Gasteiger partial charge on any atom is -0.491 e. The Morgan fingerprint density at radius 2 is 2.07 bits per heavy atom. The maximum Gasteiger partial charge on any atom is 0.254 e. The molecule has 0 spiro atoms. The molecule has 156 valence electrons. The van der Waals surface area contributed by atoms with Crippen molar-refractivity contribution in [2.75, 3.05) is 25.5 Å². The third kappa shape index (κ3) is 4.11. The number of rotatable bonds is 7. The average molecular weight is 426 g/mol. The summed E-state index contributed by atoms with van der Waals surface area (Å²) in [6.07, 6.45) is 6.20. The molecule has 1 N–H and O–H groups in total. The molecule has 4 rings (SSSR count). The van der Waals surface area contributed by atoms with Gasteiger partial charge >= 0.3 is 0 Å². The van der Waals surface area contributed by atoms with E-state index in [1.54, 1.807) is 12.4 Å². The zero-order valence-electron chi connectivity index (χ0n) is 17.1. The van der Waals surface area contributed by atoms with Crippen molar-refractivity contribution in [1.29, 1.82) is 0 Å². The van der Waals surface area contributed by atoms with Crippen molar-refractivity contribution >= 4 is 23.5 Å². The Balaban J connectivity index is 1.53. The molecule has 2 aromatic heterocycles. The van der Waals surface area contributed by atoms with E-state index in [2.05, 4.69) is 27.4 Å². The van der Waals surface area contributed by atoms with Crippen molar-refractivity contribution < 1.29 is 9.53 Å². The third-order valence-electron chi connectivity index (χ3n) is 5.17. The number of nitrogens with one attached hydrogen (secondary N) is 1. The van der Waals surface area contributed by atoms with Gasteiger partial charge in [0.25, 0.3) is 5.91 Å². The SMILES string of the molecule is CCOc1cc(CN2CCc3ccc(Cn4ccnc4NC)cc3C2=O)cnc1Cl. The number of carbonyl (C=O) groups is 1. The van der Waals surface area contributed by atoms with Crippen molar-refractivity contribution in [1.82, 2.24) is 19.4 Å². The number of anilines is 1. The number of hydrogen-bond acceptors (Lipinski definition) is 5. The number of pyridine rings is 1. The van der Waals surface area contributed by atoms with Crippen LogP contribution in [0.2, 0.25) is 5.15 Å². The largest absolute Gasteiger partial charge is 0.491 e. The topological polar surface area (TPSA) is 72.3 Å². The lowest BCUT2D eigenvalue weighted by molar-refractivity contribution is 0.0726. The number of nitrogens with zero attached hydrogens (tertiary/aromatic N) is 4. The second-order valence-electron chi connectivity index (χ2n) is 7.16. The highest BCUT2D eigenvalue weighted by Crippen LogP contribution is 2.26. The van der Waals surface area contributed by atoms with E-state index in [4.69, 9.17) is 16.3 Å². The van der Waals surface area contributed by atoms with E-state index >= 15 is 0 Å². The van der Waals surface area contributed by atoms with Crippen LogP contribution in [0.25, 0.3) is 0 Å². The number of benzene rings is 1. The van der Waals surface area contributed by atoms with Crippen LogP contribution in [0.1, 0.15) is 34.0 Å². The first kappa shape index (κ1) is 20.2. The first-order chi connectivity index (χ1) is 14.6. The fraction of sp³-hybridized carbons (Fsp3) is 0.318. The highest BCUT2D eigenvalue weighted by molar-refractivity contribution is 6.30. The summed E-state index contributed by atoms with van der Waals surface area (Å²) in [7, 11) is 1.84. The van der Waals surface area contributed by atoms with Crippen molar-refractivity contribution in [2.24, 2.45) is 0 Å². The first-order valence-corrected chi connectivity index (χ1v) is 10.3. The van der Waals surface area contributed by atoms with E-state index < -0.39 is 0 Å². The molecule has 0 radical (unpaired) electrons. The molecule has 0 fully saturated rings. The van der Waals surface area contributed by atoms with Gasteiger partial charge in [-0.05, 0) is 42.2 Å². The summed E-state index contributed by atoms with van der Waals surface area (Å²) < 4.78 is 7.54. The highest BCUT2D eigenvalue weighted by atomic mass is 35.5. The molecular formula is C22H24ClN5O2. The number of halogens is 1. The van der Waals surface area contributed by atoms with Crippen LogP contribution in [0.3, 0.4) is 0 Å². The molecule has 1 aliphatic heterocycles. The summed E-state index contributed by atoms with van der Waals surface area (Å²) in [6.45, 7) is 4.20. The average Bonchev–Trinajstić information content (AvgIpc) is 3.20. The van der Waals surface area contributed by atoms with Gasteiger partial charge in [0.05, 0.1) is 13.2 Å². The van der Waals surface area contributed by atoms with Crippen molar-refractivity contribution in [3.8, 4) is 5.75 Å². The summed E-state index contributed by atoms with van der Waals surface area (Å²) in [5.41, 5.74) is 3.80. The third-order valence-corrected chi connectivity index (χ3v) is 5.46. The molecule has 3 heterocycles. The number of fused-ring (bicyclic) bond motifs is 1. The fourth-order valence-corrected chi connectivity index (χ4v) is 3.87. The fourth-order valence-electron chi connectivity index (χ4n) is 3.71. The molecule has 3 aromatic rings. The number of amides is 1. The maximum absolute atomic E-state index is 13.2. The van der Waals surface area contributed by atoms with Crippen molar-refractivity contribution in [2.45, 2.75) is 26.4 Å². The van der Waals surface area contributed by atoms with Crippen molar-refractivity contribution in [3.63, 3.8) is 0 Å². The maximum atomic E-state index is 13.2. The monoisotopic (exact) mass is 425 g/mol. The van der Waals surface area contributed by atoms with Gasteiger partial charge in [0.15, 0.2) is 10.9 Å². The molecule has 30 heavy (non-hydrogen) atoms. The van der Waals surface area contributed by atoms with Crippen LogP contribution in [0.5, 0.6) is 5.75 Å². The number of carbonyl (C=O) groups excluding carboxylic acids is 1. The van der Waals surface area contributed by atoms with Gasteiger partial charge in [-0.25, -0.2) is 9.97 Å². The predicted molar refractivity (Wildman–Crippen MR) is 116 cm³/mol. The van der Waals surface area contributed by atoms with Gasteiger partial charge < -0.3 is 19.5 Å².